The second kappa shape index (κ2) is 5.50. The quantitative estimate of drug-likeness (QED) is 0.730. The topological polar surface area (TPSA) is 55.1 Å². The summed E-state index contributed by atoms with van der Waals surface area (Å²) in [5.74, 6) is 0.875. The lowest BCUT2D eigenvalue weighted by atomic mass is 10.00. The molecule has 0 aliphatic heterocycles. The van der Waals surface area contributed by atoms with Crippen molar-refractivity contribution in [1.82, 2.24) is 5.32 Å². The summed E-state index contributed by atoms with van der Waals surface area (Å²) < 4.78 is 0. The van der Waals surface area contributed by atoms with Gasteiger partial charge in [-0.25, -0.2) is 0 Å². The van der Waals surface area contributed by atoms with Crippen molar-refractivity contribution in [2.24, 2.45) is 11.7 Å². The Morgan fingerprint density at radius 3 is 2.53 bits per heavy atom. The van der Waals surface area contributed by atoms with Crippen LogP contribution in [0, 0.1) is 5.92 Å². The summed E-state index contributed by atoms with van der Waals surface area (Å²) in [6, 6.07) is 0. The summed E-state index contributed by atoms with van der Waals surface area (Å²) in [6.45, 7) is 4.78. The van der Waals surface area contributed by atoms with Crippen LogP contribution in [0.15, 0.2) is 0 Å². The Bertz CT molecular complexity index is 202. The maximum atomic E-state index is 11.5. The third kappa shape index (κ3) is 5.78. The maximum absolute atomic E-state index is 11.5. The van der Waals surface area contributed by atoms with Gasteiger partial charge in [0.15, 0.2) is 0 Å². The molecule has 0 atom stereocenters. The van der Waals surface area contributed by atoms with Gasteiger partial charge in [-0.3, -0.25) is 4.79 Å². The van der Waals surface area contributed by atoms with Gasteiger partial charge >= 0.3 is 0 Å². The van der Waals surface area contributed by atoms with Gasteiger partial charge in [0, 0.05) is 18.5 Å². The van der Waals surface area contributed by atoms with Crippen molar-refractivity contribution in [3.63, 3.8) is 0 Å². The highest BCUT2D eigenvalue weighted by Gasteiger charge is 2.17. The van der Waals surface area contributed by atoms with E-state index in [1.54, 1.807) is 0 Å². The Kier molecular flexibility index (Phi) is 4.58. The molecule has 1 aliphatic carbocycles. The Labute approximate surface area is 92.8 Å². The van der Waals surface area contributed by atoms with Crippen LogP contribution in [0.2, 0.25) is 0 Å². The van der Waals surface area contributed by atoms with Crippen molar-refractivity contribution in [2.45, 2.75) is 57.9 Å². The second-order valence-electron chi connectivity index (χ2n) is 5.44. The molecule has 1 aliphatic rings. The van der Waals surface area contributed by atoms with Crippen LogP contribution in [-0.4, -0.2) is 18.0 Å². The largest absolute Gasteiger partial charge is 0.356 e. The van der Waals surface area contributed by atoms with E-state index in [1.807, 2.05) is 13.8 Å². The molecule has 0 aromatic carbocycles. The fourth-order valence-electron chi connectivity index (χ4n) is 2.00. The number of carbonyl (C=O) groups excluding carboxylic acids is 1. The van der Waals surface area contributed by atoms with Gasteiger partial charge in [0.1, 0.15) is 0 Å². The first-order chi connectivity index (χ1) is 6.97. The summed E-state index contributed by atoms with van der Waals surface area (Å²) >= 11 is 0. The molecule has 88 valence electrons. The van der Waals surface area contributed by atoms with Gasteiger partial charge < -0.3 is 11.1 Å². The van der Waals surface area contributed by atoms with Crippen LogP contribution in [0.3, 0.4) is 0 Å². The van der Waals surface area contributed by atoms with E-state index >= 15 is 0 Å². The molecule has 1 fully saturated rings. The van der Waals surface area contributed by atoms with Gasteiger partial charge in [0.05, 0.1) is 0 Å². The minimum Gasteiger partial charge on any atom is -0.356 e. The minimum atomic E-state index is -0.231. The zero-order valence-corrected chi connectivity index (χ0v) is 10.0. The van der Waals surface area contributed by atoms with Crippen molar-refractivity contribution in [3.8, 4) is 0 Å². The zero-order chi connectivity index (χ0) is 11.3. The standard InChI is InChI=1S/C12H24N2O/c1-12(2,13)8-7-11(15)14-9-10-5-3-4-6-10/h10H,3-9,13H2,1-2H3,(H,14,15). The van der Waals surface area contributed by atoms with Crippen LogP contribution in [0.25, 0.3) is 0 Å². The molecule has 0 bridgehead atoms. The monoisotopic (exact) mass is 212 g/mol. The first-order valence-corrected chi connectivity index (χ1v) is 6.03. The highest BCUT2D eigenvalue weighted by atomic mass is 16.1. The first kappa shape index (κ1) is 12.5. The van der Waals surface area contributed by atoms with Gasteiger partial charge in [-0.15, -0.1) is 0 Å². The van der Waals surface area contributed by atoms with Crippen molar-refractivity contribution < 1.29 is 4.79 Å². The van der Waals surface area contributed by atoms with Crippen LogP contribution in [0.5, 0.6) is 0 Å². The summed E-state index contributed by atoms with van der Waals surface area (Å²) in [5.41, 5.74) is 5.59. The summed E-state index contributed by atoms with van der Waals surface area (Å²) in [4.78, 5) is 11.5. The van der Waals surface area contributed by atoms with E-state index in [-0.39, 0.29) is 11.4 Å². The van der Waals surface area contributed by atoms with Gasteiger partial charge in [-0.05, 0) is 39.0 Å². The van der Waals surface area contributed by atoms with Crippen molar-refractivity contribution in [3.05, 3.63) is 0 Å². The predicted molar refractivity (Wildman–Crippen MR) is 62.5 cm³/mol. The molecule has 1 rings (SSSR count). The third-order valence-corrected chi connectivity index (χ3v) is 3.06. The number of amides is 1. The molecule has 0 aromatic heterocycles. The Morgan fingerprint density at radius 2 is 2.00 bits per heavy atom. The van der Waals surface area contributed by atoms with Crippen LogP contribution in [0.4, 0.5) is 0 Å². The summed E-state index contributed by atoms with van der Waals surface area (Å²) in [6.07, 6.45) is 6.53. The minimum absolute atomic E-state index is 0.153. The smallest absolute Gasteiger partial charge is 0.220 e. The van der Waals surface area contributed by atoms with Crippen LogP contribution in [0.1, 0.15) is 52.4 Å². The summed E-state index contributed by atoms with van der Waals surface area (Å²) in [7, 11) is 0. The van der Waals surface area contributed by atoms with E-state index in [4.69, 9.17) is 5.73 Å². The molecule has 0 radical (unpaired) electrons. The molecule has 0 heterocycles. The number of hydrogen-bond donors (Lipinski definition) is 2. The lowest BCUT2D eigenvalue weighted by Crippen LogP contribution is -2.35. The van der Waals surface area contributed by atoms with Crippen molar-refractivity contribution >= 4 is 5.91 Å². The van der Waals surface area contributed by atoms with E-state index in [9.17, 15) is 4.79 Å². The van der Waals surface area contributed by atoms with E-state index in [0.717, 1.165) is 18.9 Å². The van der Waals surface area contributed by atoms with Crippen LogP contribution >= 0.6 is 0 Å². The molecule has 0 spiro atoms. The average molecular weight is 212 g/mol. The van der Waals surface area contributed by atoms with E-state index in [0.29, 0.717) is 6.42 Å². The van der Waals surface area contributed by atoms with Crippen molar-refractivity contribution in [1.29, 1.82) is 0 Å². The van der Waals surface area contributed by atoms with Crippen LogP contribution < -0.4 is 11.1 Å². The number of carbonyl (C=O) groups is 1. The fourth-order valence-corrected chi connectivity index (χ4v) is 2.00. The number of nitrogens with one attached hydrogen (secondary N) is 1. The second-order valence-corrected chi connectivity index (χ2v) is 5.44. The Hall–Kier alpha value is -0.570. The molecule has 3 heteroatoms. The molecule has 15 heavy (non-hydrogen) atoms. The molecule has 3 nitrogen and oxygen atoms in total. The Balaban J connectivity index is 2.08. The Morgan fingerprint density at radius 1 is 1.40 bits per heavy atom. The molecule has 0 aromatic rings. The molecular formula is C12H24N2O. The van der Waals surface area contributed by atoms with E-state index in [2.05, 4.69) is 5.32 Å². The van der Waals surface area contributed by atoms with Crippen LogP contribution in [-0.2, 0) is 4.79 Å². The average Bonchev–Trinajstić information content (AvgIpc) is 2.62. The normalized spacial score (nSPS) is 18.1. The number of rotatable bonds is 5. The SMILES string of the molecule is CC(C)(N)CCC(=O)NCC1CCCC1. The molecule has 0 saturated heterocycles. The molecule has 1 amide bonds. The van der Waals surface area contributed by atoms with E-state index < -0.39 is 0 Å². The molecule has 0 unspecified atom stereocenters. The van der Waals surface area contributed by atoms with E-state index in [1.165, 1.54) is 25.7 Å². The number of nitrogens with two attached hydrogens (primary N) is 1. The molecule has 3 N–H and O–H groups in total. The fraction of sp³-hybridized carbons (Fsp3) is 0.917. The lowest BCUT2D eigenvalue weighted by Gasteiger charge is -2.18. The molecular weight excluding hydrogens is 188 g/mol. The number of hydrogen-bond acceptors (Lipinski definition) is 2. The van der Waals surface area contributed by atoms with Gasteiger partial charge in [0.25, 0.3) is 0 Å². The zero-order valence-electron chi connectivity index (χ0n) is 10.0. The first-order valence-electron chi connectivity index (χ1n) is 6.03. The third-order valence-electron chi connectivity index (χ3n) is 3.06. The van der Waals surface area contributed by atoms with Crippen molar-refractivity contribution in [2.75, 3.05) is 6.54 Å². The highest BCUT2D eigenvalue weighted by molar-refractivity contribution is 5.75. The summed E-state index contributed by atoms with van der Waals surface area (Å²) in [5, 5.41) is 3.00. The highest BCUT2D eigenvalue weighted by Crippen LogP contribution is 2.23. The van der Waals surface area contributed by atoms with Gasteiger partial charge in [-0.2, -0.15) is 0 Å². The molecule has 1 saturated carbocycles. The van der Waals surface area contributed by atoms with Gasteiger partial charge in [0.2, 0.25) is 5.91 Å². The van der Waals surface area contributed by atoms with Gasteiger partial charge in [-0.1, -0.05) is 12.8 Å². The maximum Gasteiger partial charge on any atom is 0.220 e. The lowest BCUT2D eigenvalue weighted by molar-refractivity contribution is -0.121. The predicted octanol–water partition coefficient (Wildman–Crippen LogP) is 1.81.